The van der Waals surface area contributed by atoms with Crippen LogP contribution in [0.1, 0.15) is 16.7 Å². The number of rotatable bonds is 6. The molecule has 0 bridgehead atoms. The number of cyclic esters (lactones) is 1. The SMILES string of the molecule is COc1cc(/C=C2\N=C(c3ccc4ccccc4c3)OC2=O)cc(I)c1OCc1ccc(Cl)c(Cl)c1. The van der Waals surface area contributed by atoms with Crippen molar-refractivity contribution in [1.29, 1.82) is 0 Å². The molecule has 5 nitrogen and oxygen atoms in total. The molecule has 0 unspecified atom stereocenters. The fourth-order valence-corrected chi connectivity index (χ4v) is 4.86. The lowest BCUT2D eigenvalue weighted by molar-refractivity contribution is -0.129. The summed E-state index contributed by atoms with van der Waals surface area (Å²) in [6.45, 7) is 0.287. The minimum atomic E-state index is -0.507. The lowest BCUT2D eigenvalue weighted by Crippen LogP contribution is -2.05. The Hall–Kier alpha value is -3.07. The molecular weight excluding hydrogens is 612 g/mol. The Labute approximate surface area is 231 Å². The molecule has 8 heteroatoms. The summed E-state index contributed by atoms with van der Waals surface area (Å²) in [4.78, 5) is 17.0. The molecule has 4 aromatic carbocycles. The number of carbonyl (C=O) groups excluding carboxylic acids is 1. The van der Waals surface area contributed by atoms with Gasteiger partial charge in [0, 0.05) is 5.56 Å². The van der Waals surface area contributed by atoms with Crippen LogP contribution >= 0.6 is 45.8 Å². The molecule has 0 atom stereocenters. The number of hydrogen-bond acceptors (Lipinski definition) is 5. The van der Waals surface area contributed by atoms with E-state index in [-0.39, 0.29) is 18.2 Å². The number of methoxy groups -OCH3 is 1. The number of halogens is 3. The molecule has 1 heterocycles. The van der Waals surface area contributed by atoms with Gasteiger partial charge in [-0.05, 0) is 87.0 Å². The zero-order chi connectivity index (χ0) is 25.2. The van der Waals surface area contributed by atoms with Crippen LogP contribution in [0.3, 0.4) is 0 Å². The average molecular weight is 630 g/mol. The van der Waals surface area contributed by atoms with Crippen LogP contribution in [0.4, 0.5) is 0 Å². The molecule has 5 rings (SSSR count). The van der Waals surface area contributed by atoms with Crippen LogP contribution in [0.25, 0.3) is 16.8 Å². The lowest BCUT2D eigenvalue weighted by atomic mass is 10.1. The third kappa shape index (κ3) is 5.21. The van der Waals surface area contributed by atoms with Crippen molar-refractivity contribution >= 4 is 74.5 Å². The van der Waals surface area contributed by atoms with Crippen molar-refractivity contribution in [1.82, 2.24) is 0 Å². The molecular formula is C28H18Cl2INO4. The molecule has 0 saturated carbocycles. The van der Waals surface area contributed by atoms with E-state index < -0.39 is 5.97 Å². The number of carbonyl (C=O) groups is 1. The summed E-state index contributed by atoms with van der Waals surface area (Å²) in [5.74, 6) is 0.881. The van der Waals surface area contributed by atoms with Gasteiger partial charge in [-0.3, -0.25) is 0 Å². The third-order valence-electron chi connectivity index (χ3n) is 5.54. The number of ether oxygens (including phenoxy) is 3. The zero-order valence-electron chi connectivity index (χ0n) is 18.9. The number of fused-ring (bicyclic) bond motifs is 1. The number of hydrogen-bond donors (Lipinski definition) is 0. The van der Waals surface area contributed by atoms with Crippen molar-refractivity contribution in [3.63, 3.8) is 0 Å². The van der Waals surface area contributed by atoms with E-state index in [2.05, 4.69) is 27.6 Å². The quantitative estimate of drug-likeness (QED) is 0.125. The smallest absolute Gasteiger partial charge is 0.363 e. The Balaban J connectivity index is 1.40. The number of benzene rings is 4. The first-order chi connectivity index (χ1) is 17.4. The van der Waals surface area contributed by atoms with Crippen molar-refractivity contribution in [3.05, 3.63) is 109 Å². The van der Waals surface area contributed by atoms with Gasteiger partial charge < -0.3 is 14.2 Å². The predicted octanol–water partition coefficient (Wildman–Crippen LogP) is 7.68. The van der Waals surface area contributed by atoms with Gasteiger partial charge in [-0.2, -0.15) is 0 Å². The largest absolute Gasteiger partial charge is 0.493 e. The summed E-state index contributed by atoms with van der Waals surface area (Å²) in [5, 5.41) is 3.10. The Kier molecular flexibility index (Phi) is 7.18. The third-order valence-corrected chi connectivity index (χ3v) is 7.08. The van der Waals surface area contributed by atoms with Gasteiger partial charge in [-0.1, -0.05) is 59.6 Å². The van der Waals surface area contributed by atoms with Crippen molar-refractivity contribution in [3.8, 4) is 11.5 Å². The highest BCUT2D eigenvalue weighted by atomic mass is 127. The van der Waals surface area contributed by atoms with Gasteiger partial charge in [0.15, 0.2) is 17.2 Å². The first-order valence-corrected chi connectivity index (χ1v) is 12.7. The van der Waals surface area contributed by atoms with Gasteiger partial charge in [0.2, 0.25) is 5.90 Å². The number of aliphatic imine (C=N–C) groups is 1. The van der Waals surface area contributed by atoms with Gasteiger partial charge in [0.05, 0.1) is 20.7 Å². The standard InChI is InChI=1S/C28H18Cl2INO4/c1-34-25-13-17(11-23(31)26(25)35-15-16-6-9-21(29)22(30)10-16)12-24-28(33)36-27(32-24)20-8-7-18-4-2-3-5-19(18)14-20/h2-14H,15H2,1H3/b24-12-. The summed E-state index contributed by atoms with van der Waals surface area (Å²) in [6, 6.07) is 22.8. The van der Waals surface area contributed by atoms with Crippen LogP contribution in [0.2, 0.25) is 10.0 Å². The molecule has 36 heavy (non-hydrogen) atoms. The first-order valence-electron chi connectivity index (χ1n) is 10.9. The van der Waals surface area contributed by atoms with E-state index in [9.17, 15) is 4.79 Å². The summed E-state index contributed by atoms with van der Waals surface area (Å²) in [7, 11) is 1.56. The predicted molar refractivity (Wildman–Crippen MR) is 151 cm³/mol. The van der Waals surface area contributed by atoms with Crippen molar-refractivity contribution in [2.45, 2.75) is 6.61 Å². The van der Waals surface area contributed by atoms with Gasteiger partial charge >= 0.3 is 5.97 Å². The van der Waals surface area contributed by atoms with Gasteiger partial charge in [0.1, 0.15) is 6.61 Å². The van der Waals surface area contributed by atoms with Crippen LogP contribution in [-0.2, 0) is 16.1 Å². The van der Waals surface area contributed by atoms with Crippen LogP contribution in [0.5, 0.6) is 11.5 Å². The number of nitrogens with zero attached hydrogens (tertiary/aromatic N) is 1. The maximum Gasteiger partial charge on any atom is 0.363 e. The maximum atomic E-state index is 12.6. The van der Waals surface area contributed by atoms with E-state index >= 15 is 0 Å². The minimum absolute atomic E-state index is 0.209. The lowest BCUT2D eigenvalue weighted by Gasteiger charge is -2.14. The van der Waals surface area contributed by atoms with Crippen LogP contribution in [-0.4, -0.2) is 19.0 Å². The van der Waals surface area contributed by atoms with Crippen LogP contribution in [0, 0.1) is 3.57 Å². The van der Waals surface area contributed by atoms with E-state index in [4.69, 9.17) is 37.4 Å². The fourth-order valence-electron chi connectivity index (χ4n) is 3.76. The summed E-state index contributed by atoms with van der Waals surface area (Å²) < 4.78 is 17.9. The minimum Gasteiger partial charge on any atom is -0.493 e. The van der Waals surface area contributed by atoms with E-state index in [1.165, 1.54) is 0 Å². The molecule has 0 aromatic heterocycles. The van der Waals surface area contributed by atoms with E-state index in [1.54, 1.807) is 31.4 Å². The van der Waals surface area contributed by atoms with Crippen LogP contribution < -0.4 is 9.47 Å². The molecule has 1 aliphatic rings. The van der Waals surface area contributed by atoms with Crippen molar-refractivity contribution in [2.75, 3.05) is 7.11 Å². The summed E-state index contributed by atoms with van der Waals surface area (Å²) >= 11 is 14.3. The molecule has 0 fully saturated rings. The topological polar surface area (TPSA) is 57.1 Å². The fraction of sp³-hybridized carbons (Fsp3) is 0.0714. The monoisotopic (exact) mass is 629 g/mol. The molecule has 0 amide bonds. The average Bonchev–Trinajstić information content (AvgIpc) is 3.24. The molecule has 0 N–H and O–H groups in total. The molecule has 0 saturated heterocycles. The van der Waals surface area contributed by atoms with E-state index in [1.807, 2.05) is 54.6 Å². The van der Waals surface area contributed by atoms with Gasteiger partial charge in [-0.25, -0.2) is 9.79 Å². The summed E-state index contributed by atoms with van der Waals surface area (Å²) in [5.41, 5.74) is 2.55. The second-order valence-corrected chi connectivity index (χ2v) is 9.95. The van der Waals surface area contributed by atoms with E-state index in [0.717, 1.165) is 31.0 Å². The molecule has 180 valence electrons. The molecule has 0 spiro atoms. The van der Waals surface area contributed by atoms with Crippen molar-refractivity contribution < 1.29 is 19.0 Å². The second-order valence-electron chi connectivity index (χ2n) is 7.97. The molecule has 0 aliphatic carbocycles. The highest BCUT2D eigenvalue weighted by Crippen LogP contribution is 2.36. The Morgan fingerprint density at radius 2 is 1.78 bits per heavy atom. The Morgan fingerprint density at radius 3 is 2.56 bits per heavy atom. The Bertz CT molecular complexity index is 1560. The van der Waals surface area contributed by atoms with Gasteiger partial charge in [-0.15, -0.1) is 0 Å². The highest BCUT2D eigenvalue weighted by Gasteiger charge is 2.25. The van der Waals surface area contributed by atoms with Crippen molar-refractivity contribution in [2.24, 2.45) is 4.99 Å². The van der Waals surface area contributed by atoms with Crippen LogP contribution in [0.15, 0.2) is 83.5 Å². The molecule has 1 aliphatic heterocycles. The van der Waals surface area contributed by atoms with E-state index in [0.29, 0.717) is 21.5 Å². The summed E-state index contributed by atoms with van der Waals surface area (Å²) in [6.07, 6.45) is 1.67. The first kappa shape index (κ1) is 24.6. The molecule has 0 radical (unpaired) electrons. The van der Waals surface area contributed by atoms with Gasteiger partial charge in [0.25, 0.3) is 0 Å². The molecule has 4 aromatic rings. The maximum absolute atomic E-state index is 12.6. The normalized spacial score (nSPS) is 14.2. The highest BCUT2D eigenvalue weighted by molar-refractivity contribution is 14.1. The zero-order valence-corrected chi connectivity index (χ0v) is 22.6. The number of esters is 1. The second kappa shape index (κ2) is 10.5. The Morgan fingerprint density at radius 1 is 0.972 bits per heavy atom.